The number of ether oxygens (including phenoxy) is 2. The van der Waals surface area contributed by atoms with Gasteiger partial charge in [-0.3, -0.25) is 14.9 Å². The van der Waals surface area contributed by atoms with E-state index in [1.165, 1.54) is 6.07 Å². The van der Waals surface area contributed by atoms with E-state index >= 15 is 0 Å². The van der Waals surface area contributed by atoms with E-state index in [0.717, 1.165) is 23.3 Å². The number of carbonyl (C=O) groups excluding carboxylic acids is 2. The summed E-state index contributed by atoms with van der Waals surface area (Å²) >= 11 is 0. The summed E-state index contributed by atoms with van der Waals surface area (Å²) in [6.07, 6.45) is 0. The quantitative estimate of drug-likeness (QED) is 0.322. The Kier molecular flexibility index (Phi) is 7.17. The number of nitrogens with zero attached hydrogens (tertiary/aromatic N) is 1. The minimum Gasteiger partial charge on any atom is -0.497 e. The van der Waals surface area contributed by atoms with Crippen LogP contribution in [-0.2, 0) is 4.74 Å². The van der Waals surface area contributed by atoms with Crippen LogP contribution in [0.4, 0.5) is 5.69 Å². The fraction of sp³-hybridized carbons (Fsp3) is 0.167. The number of hydrogen-bond acceptors (Lipinski definition) is 6. The normalized spacial score (nSPS) is 11.3. The summed E-state index contributed by atoms with van der Waals surface area (Å²) in [5, 5.41) is 14.3. The molecule has 0 radical (unpaired) electrons. The van der Waals surface area contributed by atoms with E-state index in [1.807, 2.05) is 42.5 Å². The van der Waals surface area contributed by atoms with E-state index < -0.39 is 22.8 Å². The highest BCUT2D eigenvalue weighted by atomic mass is 16.6. The highest BCUT2D eigenvalue weighted by Gasteiger charge is 2.22. The number of nitrogens with one attached hydrogen (secondary N) is 1. The Hall–Kier alpha value is -4.20. The molecule has 3 aromatic rings. The number of methoxy groups -OCH3 is 1. The first-order valence-electron chi connectivity index (χ1n) is 9.89. The molecule has 0 spiro atoms. The zero-order chi connectivity index (χ0) is 23.1. The lowest BCUT2D eigenvalue weighted by Crippen LogP contribution is -2.29. The Labute approximate surface area is 184 Å². The Morgan fingerprint density at radius 3 is 2.19 bits per heavy atom. The van der Waals surface area contributed by atoms with Gasteiger partial charge in [0.2, 0.25) is 0 Å². The Morgan fingerprint density at radius 1 is 0.969 bits per heavy atom. The van der Waals surface area contributed by atoms with Crippen LogP contribution in [0.25, 0.3) is 0 Å². The fourth-order valence-electron chi connectivity index (χ4n) is 3.20. The molecule has 1 amide bonds. The molecular formula is C24H22N2O6. The molecule has 0 saturated heterocycles. The minimum atomic E-state index is -0.736. The summed E-state index contributed by atoms with van der Waals surface area (Å²) in [5.41, 5.74) is 1.16. The lowest BCUT2D eigenvalue weighted by Gasteiger charge is -2.20. The Balaban J connectivity index is 1.98. The van der Waals surface area contributed by atoms with Crippen molar-refractivity contribution in [3.05, 3.63) is 105 Å². The highest BCUT2D eigenvalue weighted by Crippen LogP contribution is 2.25. The molecule has 8 nitrogen and oxygen atoms in total. The van der Waals surface area contributed by atoms with Crippen molar-refractivity contribution in [2.75, 3.05) is 13.7 Å². The van der Waals surface area contributed by atoms with Gasteiger partial charge in [-0.1, -0.05) is 42.5 Å². The van der Waals surface area contributed by atoms with Crippen molar-refractivity contribution in [1.29, 1.82) is 0 Å². The number of rotatable bonds is 8. The standard InChI is InChI=1S/C24H22N2O6/c1-3-32-24(28)19-13-18(14-20(15-19)26(29)30)23(27)25-22(16-7-5-4-6-8-16)17-9-11-21(31-2)12-10-17/h4-15,22H,3H2,1-2H3,(H,25,27). The number of non-ortho nitro benzene ring substituents is 1. The molecule has 3 aromatic carbocycles. The summed E-state index contributed by atoms with van der Waals surface area (Å²) in [5.74, 6) is -0.631. The number of hydrogen-bond donors (Lipinski definition) is 1. The number of esters is 1. The molecule has 8 heteroatoms. The van der Waals surface area contributed by atoms with Crippen LogP contribution in [-0.4, -0.2) is 30.5 Å². The predicted molar refractivity (Wildman–Crippen MR) is 118 cm³/mol. The first-order chi connectivity index (χ1) is 15.4. The van der Waals surface area contributed by atoms with Gasteiger partial charge in [-0.05, 0) is 36.2 Å². The van der Waals surface area contributed by atoms with E-state index in [2.05, 4.69) is 5.32 Å². The molecule has 0 heterocycles. The second-order valence-corrected chi connectivity index (χ2v) is 6.84. The van der Waals surface area contributed by atoms with Crippen molar-refractivity contribution in [3.8, 4) is 5.75 Å². The average Bonchev–Trinajstić information content (AvgIpc) is 2.82. The molecule has 164 valence electrons. The number of nitro benzene ring substituents is 1. The molecule has 0 aliphatic heterocycles. The van der Waals surface area contributed by atoms with Gasteiger partial charge in [-0.25, -0.2) is 4.79 Å². The van der Waals surface area contributed by atoms with Gasteiger partial charge in [0, 0.05) is 17.7 Å². The monoisotopic (exact) mass is 434 g/mol. The number of carbonyl (C=O) groups is 2. The first-order valence-corrected chi connectivity index (χ1v) is 9.89. The lowest BCUT2D eigenvalue weighted by molar-refractivity contribution is -0.384. The SMILES string of the molecule is CCOC(=O)c1cc(C(=O)NC(c2ccccc2)c2ccc(OC)cc2)cc([N+](=O)[O-])c1. The molecule has 0 saturated carbocycles. The molecule has 1 unspecified atom stereocenters. The lowest BCUT2D eigenvalue weighted by atomic mass is 9.98. The van der Waals surface area contributed by atoms with Crippen molar-refractivity contribution < 1.29 is 24.0 Å². The third kappa shape index (κ3) is 5.28. The fourth-order valence-corrected chi connectivity index (χ4v) is 3.20. The maximum atomic E-state index is 13.1. The molecule has 0 aromatic heterocycles. The molecule has 0 bridgehead atoms. The van der Waals surface area contributed by atoms with Gasteiger partial charge >= 0.3 is 5.97 Å². The van der Waals surface area contributed by atoms with E-state index in [0.29, 0.717) is 5.75 Å². The maximum Gasteiger partial charge on any atom is 0.338 e. The van der Waals surface area contributed by atoms with Crippen LogP contribution in [0.3, 0.4) is 0 Å². The van der Waals surface area contributed by atoms with Crippen molar-refractivity contribution in [2.45, 2.75) is 13.0 Å². The first kappa shape index (κ1) is 22.5. The van der Waals surface area contributed by atoms with Crippen molar-refractivity contribution in [3.63, 3.8) is 0 Å². The highest BCUT2D eigenvalue weighted by molar-refractivity contribution is 5.99. The zero-order valence-corrected chi connectivity index (χ0v) is 17.6. The largest absolute Gasteiger partial charge is 0.497 e. The summed E-state index contributed by atoms with van der Waals surface area (Å²) in [6, 6.07) is 19.5. The van der Waals surface area contributed by atoms with Crippen LogP contribution >= 0.6 is 0 Å². The topological polar surface area (TPSA) is 108 Å². The number of nitro groups is 1. The Bertz CT molecular complexity index is 1110. The van der Waals surface area contributed by atoms with Gasteiger partial charge in [0.15, 0.2) is 0 Å². The van der Waals surface area contributed by atoms with Crippen molar-refractivity contribution >= 4 is 17.6 Å². The van der Waals surface area contributed by atoms with E-state index in [9.17, 15) is 19.7 Å². The van der Waals surface area contributed by atoms with Crippen molar-refractivity contribution in [2.24, 2.45) is 0 Å². The molecular weight excluding hydrogens is 412 g/mol. The summed E-state index contributed by atoms with van der Waals surface area (Å²) in [7, 11) is 1.56. The van der Waals surface area contributed by atoms with Crippen LogP contribution < -0.4 is 10.1 Å². The van der Waals surface area contributed by atoms with Crippen LogP contribution in [0.1, 0.15) is 44.8 Å². The number of benzene rings is 3. The summed E-state index contributed by atoms with van der Waals surface area (Å²) in [6.45, 7) is 1.73. The average molecular weight is 434 g/mol. The van der Waals surface area contributed by atoms with Gasteiger partial charge in [-0.15, -0.1) is 0 Å². The van der Waals surface area contributed by atoms with E-state index in [4.69, 9.17) is 9.47 Å². The van der Waals surface area contributed by atoms with Crippen molar-refractivity contribution in [1.82, 2.24) is 5.32 Å². The zero-order valence-electron chi connectivity index (χ0n) is 17.6. The molecule has 0 aliphatic carbocycles. The smallest absolute Gasteiger partial charge is 0.338 e. The molecule has 1 atom stereocenters. The van der Waals surface area contributed by atoms with Gasteiger partial charge in [0.1, 0.15) is 5.75 Å². The second-order valence-electron chi connectivity index (χ2n) is 6.84. The van der Waals surface area contributed by atoms with E-state index in [-0.39, 0.29) is 23.4 Å². The van der Waals surface area contributed by atoms with Gasteiger partial charge in [0.25, 0.3) is 11.6 Å². The molecule has 1 N–H and O–H groups in total. The summed E-state index contributed by atoms with van der Waals surface area (Å²) < 4.78 is 10.1. The van der Waals surface area contributed by atoms with Crippen LogP contribution in [0, 0.1) is 10.1 Å². The third-order valence-electron chi connectivity index (χ3n) is 4.76. The van der Waals surface area contributed by atoms with Gasteiger partial charge < -0.3 is 14.8 Å². The summed E-state index contributed by atoms with van der Waals surface area (Å²) in [4.78, 5) is 35.9. The molecule has 3 rings (SSSR count). The van der Waals surface area contributed by atoms with Gasteiger partial charge in [0.05, 0.1) is 30.2 Å². The van der Waals surface area contributed by atoms with Crippen LogP contribution in [0.15, 0.2) is 72.8 Å². The second kappa shape index (κ2) is 10.2. The van der Waals surface area contributed by atoms with Crippen LogP contribution in [0.2, 0.25) is 0 Å². The van der Waals surface area contributed by atoms with Crippen LogP contribution in [0.5, 0.6) is 5.75 Å². The van der Waals surface area contributed by atoms with Gasteiger partial charge in [-0.2, -0.15) is 0 Å². The predicted octanol–water partition coefficient (Wildman–Crippen LogP) is 4.30. The molecule has 32 heavy (non-hydrogen) atoms. The third-order valence-corrected chi connectivity index (χ3v) is 4.76. The van der Waals surface area contributed by atoms with E-state index in [1.54, 1.807) is 26.2 Å². The Morgan fingerprint density at radius 2 is 1.59 bits per heavy atom. The maximum absolute atomic E-state index is 13.1. The molecule has 0 fully saturated rings. The minimum absolute atomic E-state index is 0.0169. The number of amides is 1. The molecule has 0 aliphatic rings.